The number of nitrogens with zero attached hydrogens (tertiary/aromatic N) is 2. The molecule has 3 N–H and O–H groups in total. The van der Waals surface area contributed by atoms with Gasteiger partial charge < -0.3 is 15.8 Å². The van der Waals surface area contributed by atoms with Crippen molar-refractivity contribution in [2.75, 3.05) is 19.5 Å². The van der Waals surface area contributed by atoms with Crippen molar-refractivity contribution in [3.05, 3.63) is 10.6 Å². The zero-order chi connectivity index (χ0) is 14.9. The van der Waals surface area contributed by atoms with Crippen LogP contribution in [0.5, 0.6) is 0 Å². The zero-order valence-corrected chi connectivity index (χ0v) is 13.0. The van der Waals surface area contributed by atoms with Gasteiger partial charge in [-0.05, 0) is 20.3 Å². The predicted octanol–water partition coefficient (Wildman–Crippen LogP) is 1.68. The van der Waals surface area contributed by atoms with E-state index in [4.69, 9.17) is 10.5 Å². The lowest BCUT2D eigenvalue weighted by molar-refractivity contribution is 0.0934. The van der Waals surface area contributed by atoms with Crippen LogP contribution in [-0.4, -0.2) is 35.4 Å². The number of nitrogens with one attached hydrogen (secondary N) is 1. The number of nitrogens with two attached hydrogens (primary N) is 1. The molecule has 0 aliphatic rings. The molecule has 7 heteroatoms. The highest BCUT2D eigenvalue weighted by molar-refractivity contribution is 7.21. The van der Waals surface area contributed by atoms with Gasteiger partial charge >= 0.3 is 0 Å². The molecular weight excluding hydrogens is 276 g/mol. The lowest BCUT2D eigenvalue weighted by Crippen LogP contribution is -2.33. The minimum Gasteiger partial charge on any atom is -0.397 e. The van der Waals surface area contributed by atoms with Gasteiger partial charge in [-0.2, -0.15) is 5.10 Å². The van der Waals surface area contributed by atoms with Gasteiger partial charge in [-0.25, -0.2) is 0 Å². The second kappa shape index (κ2) is 5.80. The van der Waals surface area contributed by atoms with E-state index in [-0.39, 0.29) is 11.9 Å². The summed E-state index contributed by atoms with van der Waals surface area (Å²) in [5.41, 5.74) is 7.47. The molecule has 1 unspecified atom stereocenters. The Morgan fingerprint density at radius 1 is 1.60 bits per heavy atom. The van der Waals surface area contributed by atoms with Crippen molar-refractivity contribution in [1.29, 1.82) is 0 Å². The number of fused-ring (bicyclic) bond motifs is 1. The van der Waals surface area contributed by atoms with Crippen LogP contribution in [0, 0.1) is 6.92 Å². The maximum atomic E-state index is 12.3. The summed E-state index contributed by atoms with van der Waals surface area (Å²) in [5.74, 6) is -0.133. The van der Waals surface area contributed by atoms with Crippen LogP contribution in [0.2, 0.25) is 0 Å². The molecule has 0 radical (unpaired) electrons. The SMILES string of the molecule is COCCC(C)NC(=O)c1sc2c(c(C)nn2C)c1N. The number of ether oxygens (including phenoxy) is 1. The van der Waals surface area contributed by atoms with Gasteiger partial charge in [0.1, 0.15) is 9.71 Å². The van der Waals surface area contributed by atoms with Crippen molar-refractivity contribution in [2.24, 2.45) is 7.05 Å². The van der Waals surface area contributed by atoms with E-state index in [1.807, 2.05) is 20.9 Å². The standard InChI is InChI=1S/C13H20N4O2S/c1-7(5-6-19-4)15-12(18)11-10(14)9-8(2)16-17(3)13(9)20-11/h7H,5-6,14H2,1-4H3,(H,15,18). The van der Waals surface area contributed by atoms with Gasteiger partial charge in [0.15, 0.2) is 0 Å². The molecular formula is C13H20N4O2S. The summed E-state index contributed by atoms with van der Waals surface area (Å²) in [7, 11) is 3.50. The van der Waals surface area contributed by atoms with Crippen molar-refractivity contribution >= 4 is 33.1 Å². The molecule has 1 atom stereocenters. The second-order valence-electron chi connectivity index (χ2n) is 4.89. The number of carbonyl (C=O) groups excluding carboxylic acids is 1. The molecule has 2 aromatic heterocycles. The molecule has 0 aromatic carbocycles. The molecule has 0 aliphatic carbocycles. The first-order valence-electron chi connectivity index (χ1n) is 6.47. The lowest BCUT2D eigenvalue weighted by Gasteiger charge is -2.12. The van der Waals surface area contributed by atoms with Crippen molar-refractivity contribution in [3.8, 4) is 0 Å². The first kappa shape index (κ1) is 14.8. The number of nitrogen functional groups attached to an aromatic ring is 1. The fourth-order valence-corrected chi connectivity index (χ4v) is 3.24. The van der Waals surface area contributed by atoms with E-state index < -0.39 is 0 Å². The molecule has 0 saturated heterocycles. The predicted molar refractivity (Wildman–Crippen MR) is 81.2 cm³/mol. The molecule has 0 saturated carbocycles. The van der Waals surface area contributed by atoms with Gasteiger partial charge in [-0.15, -0.1) is 11.3 Å². The van der Waals surface area contributed by atoms with Gasteiger partial charge in [0.2, 0.25) is 0 Å². The van der Waals surface area contributed by atoms with Crippen LogP contribution in [0.4, 0.5) is 5.69 Å². The summed E-state index contributed by atoms with van der Waals surface area (Å²) < 4.78 is 6.77. The molecule has 0 aliphatic heterocycles. The third-order valence-corrected chi connectivity index (χ3v) is 4.49. The quantitative estimate of drug-likeness (QED) is 0.879. The van der Waals surface area contributed by atoms with Gasteiger partial charge in [-0.1, -0.05) is 0 Å². The summed E-state index contributed by atoms with van der Waals surface area (Å²) in [5, 5.41) is 8.14. The molecule has 1 amide bonds. The molecule has 20 heavy (non-hydrogen) atoms. The fourth-order valence-electron chi connectivity index (χ4n) is 2.15. The van der Waals surface area contributed by atoms with E-state index in [1.165, 1.54) is 11.3 Å². The first-order valence-corrected chi connectivity index (χ1v) is 7.28. The van der Waals surface area contributed by atoms with Gasteiger partial charge in [0.25, 0.3) is 5.91 Å². The zero-order valence-electron chi connectivity index (χ0n) is 12.2. The van der Waals surface area contributed by atoms with E-state index in [2.05, 4.69) is 10.4 Å². The molecule has 0 bridgehead atoms. The lowest BCUT2D eigenvalue weighted by atomic mass is 10.2. The van der Waals surface area contributed by atoms with Crippen molar-refractivity contribution in [3.63, 3.8) is 0 Å². The highest BCUT2D eigenvalue weighted by Gasteiger charge is 2.21. The Morgan fingerprint density at radius 3 is 2.90 bits per heavy atom. The van der Waals surface area contributed by atoms with Crippen LogP contribution >= 0.6 is 11.3 Å². The van der Waals surface area contributed by atoms with Gasteiger partial charge in [0, 0.05) is 26.8 Å². The summed E-state index contributed by atoms with van der Waals surface area (Å²) in [6.45, 7) is 4.47. The van der Waals surface area contributed by atoms with Crippen molar-refractivity contribution < 1.29 is 9.53 Å². The number of anilines is 1. The Morgan fingerprint density at radius 2 is 2.30 bits per heavy atom. The minimum atomic E-state index is -0.133. The van der Waals surface area contributed by atoms with Crippen molar-refractivity contribution in [1.82, 2.24) is 15.1 Å². The van der Waals surface area contributed by atoms with Crippen LogP contribution in [-0.2, 0) is 11.8 Å². The summed E-state index contributed by atoms with van der Waals surface area (Å²) >= 11 is 1.38. The topological polar surface area (TPSA) is 82.2 Å². The summed E-state index contributed by atoms with van der Waals surface area (Å²) in [4.78, 5) is 13.8. The number of rotatable bonds is 5. The highest BCUT2D eigenvalue weighted by Crippen LogP contribution is 2.35. The van der Waals surface area contributed by atoms with E-state index in [9.17, 15) is 4.79 Å². The smallest absolute Gasteiger partial charge is 0.263 e. The fraction of sp³-hybridized carbons (Fsp3) is 0.538. The molecule has 2 rings (SSSR count). The van der Waals surface area contributed by atoms with Crippen LogP contribution in [0.15, 0.2) is 0 Å². The van der Waals surface area contributed by atoms with Crippen molar-refractivity contribution in [2.45, 2.75) is 26.3 Å². The monoisotopic (exact) mass is 296 g/mol. The molecule has 6 nitrogen and oxygen atoms in total. The normalized spacial score (nSPS) is 12.8. The molecule has 0 spiro atoms. The largest absolute Gasteiger partial charge is 0.397 e. The number of carbonyl (C=O) groups is 1. The average Bonchev–Trinajstić information content (AvgIpc) is 2.87. The molecule has 2 heterocycles. The highest BCUT2D eigenvalue weighted by atomic mass is 32.1. The summed E-state index contributed by atoms with van der Waals surface area (Å²) in [6, 6.07) is 0.0475. The Hall–Kier alpha value is -1.60. The molecule has 2 aromatic rings. The number of aromatic nitrogens is 2. The number of thiophene rings is 1. The Labute approximate surface area is 121 Å². The number of methoxy groups -OCH3 is 1. The second-order valence-corrected chi connectivity index (χ2v) is 5.89. The Bertz CT molecular complexity index is 632. The molecule has 0 fully saturated rings. The summed E-state index contributed by atoms with van der Waals surface area (Å²) in [6.07, 6.45) is 0.771. The Balaban J connectivity index is 2.22. The van der Waals surface area contributed by atoms with E-state index in [0.717, 1.165) is 22.3 Å². The number of aryl methyl sites for hydroxylation is 2. The third kappa shape index (κ3) is 2.64. The number of hydrogen-bond donors (Lipinski definition) is 2. The molecule has 110 valence electrons. The van der Waals surface area contributed by atoms with Gasteiger partial charge in [0.05, 0.1) is 16.8 Å². The third-order valence-electron chi connectivity index (χ3n) is 3.22. The van der Waals surface area contributed by atoms with Gasteiger partial charge in [-0.3, -0.25) is 9.48 Å². The van der Waals surface area contributed by atoms with E-state index in [0.29, 0.717) is 17.2 Å². The van der Waals surface area contributed by atoms with E-state index >= 15 is 0 Å². The average molecular weight is 296 g/mol. The Kier molecular flexibility index (Phi) is 4.29. The van der Waals surface area contributed by atoms with E-state index in [1.54, 1.807) is 11.8 Å². The van der Waals surface area contributed by atoms with Crippen LogP contribution in [0.25, 0.3) is 10.2 Å². The first-order chi connectivity index (χ1) is 9.45. The maximum absolute atomic E-state index is 12.3. The number of amides is 1. The number of hydrogen-bond acceptors (Lipinski definition) is 5. The van der Waals surface area contributed by atoms with Crippen LogP contribution < -0.4 is 11.1 Å². The maximum Gasteiger partial charge on any atom is 0.263 e. The minimum absolute atomic E-state index is 0.0475. The van der Waals surface area contributed by atoms with Crippen LogP contribution in [0.1, 0.15) is 28.7 Å². The van der Waals surface area contributed by atoms with Crippen LogP contribution in [0.3, 0.4) is 0 Å².